The van der Waals surface area contributed by atoms with E-state index >= 15 is 0 Å². The van der Waals surface area contributed by atoms with Crippen molar-refractivity contribution in [3.05, 3.63) is 412 Å². The Morgan fingerprint density at radius 1 is 0.181 bits per heavy atom. The predicted octanol–water partition coefficient (Wildman–Crippen LogP) is 31.3. The molecule has 16 aromatic rings. The number of benzene rings is 5. The number of pyridine rings is 5. The second-order valence-electron chi connectivity index (χ2n) is 34.0. The molecule has 5 aromatic carbocycles. The van der Waals surface area contributed by atoms with Crippen LogP contribution in [0.2, 0.25) is 0 Å². The monoisotopic (exact) mass is 2430 g/mol. The number of aryl methyl sites for hydroxylation is 8. The van der Waals surface area contributed by atoms with E-state index in [-0.39, 0.29) is 82.0 Å². The molecule has 0 fully saturated rings. The van der Waals surface area contributed by atoms with Gasteiger partial charge in [-0.3, -0.25) is 0 Å². The third-order valence-corrected chi connectivity index (χ3v) is 25.9. The Morgan fingerprint density at radius 2 is 0.319 bits per heavy atom. The maximum atomic E-state index is 5.25. The summed E-state index contributed by atoms with van der Waals surface area (Å²) in [6, 6.07) is 102. The topological polar surface area (TPSA) is 172 Å². The predicted molar refractivity (Wildman–Crippen MR) is 585 cm³/mol. The van der Waals surface area contributed by atoms with Gasteiger partial charge < -0.3 is 44.9 Å². The van der Waals surface area contributed by atoms with Crippen LogP contribution in [0.5, 0.6) is 0 Å². The number of rotatable bonds is 21. The fourth-order valence-electron chi connectivity index (χ4n) is 19.2. The first kappa shape index (κ1) is 114. The molecule has 0 radical (unpaired) electrons. The molecule has 11 aromatic heterocycles. The third-order valence-electron chi connectivity index (χ3n) is 25.9. The van der Waals surface area contributed by atoms with Crippen molar-refractivity contribution in [3.8, 4) is 56.3 Å². The van der Waals surface area contributed by atoms with Crippen LogP contribution in [0.3, 0.4) is 0 Å². The second kappa shape index (κ2) is 57.4. The molecule has 4 aliphatic heterocycles. The molecule has 4 aliphatic rings. The summed E-state index contributed by atoms with van der Waals surface area (Å²) >= 11 is 0. The molecular weight excluding hydrogens is 2310 g/mol. The van der Waals surface area contributed by atoms with Crippen molar-refractivity contribution in [3.63, 3.8) is 0 Å². The van der Waals surface area contributed by atoms with E-state index in [1.54, 1.807) is 31.0 Å². The average Bonchev–Trinajstić information content (AvgIpc) is 1.61. The normalized spacial score (nSPS) is 11.6. The molecule has 0 N–H and O–H groups in total. The van der Waals surface area contributed by atoms with Gasteiger partial charge in [-0.1, -0.05) is 264 Å². The van der Waals surface area contributed by atoms with E-state index in [9.17, 15) is 0 Å². The largest absolute Gasteiger partial charge is 3.00 e. The average molecular weight is 2440 g/mol. The van der Waals surface area contributed by atoms with Gasteiger partial charge in [-0.25, -0.2) is 19.9 Å². The Kier molecular flexibility index (Phi) is 45.3. The number of fused-ring (bicyclic) bond motifs is 16. The molecule has 17 heteroatoms. The second-order valence-corrected chi connectivity index (χ2v) is 34.0. The van der Waals surface area contributed by atoms with E-state index in [1.165, 1.54) is 89.1 Å². The van der Waals surface area contributed by atoms with Gasteiger partial charge in [0.05, 0.1) is 45.6 Å². The zero-order valence-corrected chi connectivity index (χ0v) is 93.4. The van der Waals surface area contributed by atoms with Crippen LogP contribution in [0.15, 0.2) is 292 Å². The molecule has 0 saturated heterocycles. The first-order valence-corrected chi connectivity index (χ1v) is 50.4. The Bertz CT molecular complexity index is 5960. The Labute approximate surface area is 909 Å². The Morgan fingerprint density at radius 3 is 0.424 bits per heavy atom. The minimum atomic E-state index is 0. The van der Waals surface area contributed by atoms with E-state index in [0.29, 0.717) is 0 Å². The van der Waals surface area contributed by atoms with E-state index < -0.39 is 0 Å². The summed E-state index contributed by atoms with van der Waals surface area (Å²) in [6.07, 6.45) is 24.1. The molecular formula is C127H128N13PdPt2Rh. The van der Waals surface area contributed by atoms with E-state index in [2.05, 4.69) is 215 Å². The molecule has 144 heavy (non-hydrogen) atoms. The van der Waals surface area contributed by atoms with Crippen molar-refractivity contribution in [1.82, 2.24) is 64.8 Å². The summed E-state index contributed by atoms with van der Waals surface area (Å²) in [7, 11) is 0. The standard InChI is InChI=1S/2C36H44N4.5C11H8N.Pd.2Pt.Rh/c2*1-9-21-22(10-2)30-18-32-25(13-5)26(14-6)34(39-32)20-36-28(16-8)27(15-7)35(40-36)19-33-24(12-4)23(11-3)31(38-33)17-29(21)37-30;5*1-2-6-10(7-3-1)11-8-4-5-9-12-11;;;;/h2*17-20H,9-16H2,1-8H3;5*1-6,8-9H;;;;/q2*-2;5*-1;3*+2;+3. The maximum Gasteiger partial charge on any atom is 3.00 e. The van der Waals surface area contributed by atoms with Crippen molar-refractivity contribution < 1.29 is 82.0 Å². The van der Waals surface area contributed by atoms with Gasteiger partial charge in [0.1, 0.15) is 0 Å². The van der Waals surface area contributed by atoms with Gasteiger partial charge in [0.25, 0.3) is 0 Å². The first-order valence-electron chi connectivity index (χ1n) is 50.4. The number of nitrogens with zero attached hydrogens (tertiary/aromatic N) is 13. The zero-order valence-electron chi connectivity index (χ0n) is 85.6. The Hall–Kier alpha value is -12.3. The summed E-state index contributed by atoms with van der Waals surface area (Å²) in [6.45, 7) is 35.9. The van der Waals surface area contributed by atoms with Crippen molar-refractivity contribution >= 4 is 88.7 Å². The van der Waals surface area contributed by atoms with Crippen LogP contribution in [0.4, 0.5) is 0 Å². The maximum absolute atomic E-state index is 5.25. The van der Waals surface area contributed by atoms with Gasteiger partial charge >= 0.3 is 82.0 Å². The molecule has 13 nitrogen and oxygen atoms in total. The van der Waals surface area contributed by atoms with Crippen LogP contribution in [-0.2, 0) is 133 Å². The number of allylic oxidation sites excluding steroid dienone is 8. The van der Waals surface area contributed by atoms with E-state index in [1.807, 2.05) is 212 Å². The van der Waals surface area contributed by atoms with Crippen LogP contribution in [0.1, 0.15) is 252 Å². The van der Waals surface area contributed by atoms with Gasteiger partial charge in [0.2, 0.25) is 0 Å². The SMILES string of the molecule is CCC1=C(CC)c2cc3[n-]c(cc4nc(cc5[n-]c(cc1n2)c(CC)c5CC)C(CC)=C4CC)c(CC)c3CC.CCC1=C(CC)c2cc3[n-]c(cc4nc(cc5[n-]c(cc1n2)c(CC)c5CC)C(CC)=C4CC)c(CC)c3CC.[Pd+2].[Pt+2].[Pt+2].[Rh+3].[c-]1ccccc1-c1ccccn1.[c-]1ccccc1-c1ccccn1.[c-]1ccccc1-c1ccccn1.[c-]1ccccc1-c1ccccn1.[c-]1ccccc1-c1ccccn1. The van der Waals surface area contributed by atoms with Gasteiger partial charge in [-0.2, -0.15) is 0 Å². The number of hydrogen-bond donors (Lipinski definition) is 0. The zero-order chi connectivity index (χ0) is 98.2. The molecule has 16 bridgehead atoms. The minimum Gasteiger partial charge on any atom is -0.657 e. The van der Waals surface area contributed by atoms with Crippen LogP contribution in [-0.4, -0.2) is 44.9 Å². The molecule has 20 rings (SSSR count). The van der Waals surface area contributed by atoms with Crippen LogP contribution in [0, 0.1) is 30.3 Å². The molecule has 740 valence electrons. The molecule has 0 amide bonds. The number of hydrogen-bond acceptors (Lipinski definition) is 9. The number of aromatic nitrogens is 13. The Balaban J connectivity index is 0.000000186. The molecule has 0 atom stereocenters. The van der Waals surface area contributed by atoms with E-state index in [0.717, 1.165) is 249 Å². The van der Waals surface area contributed by atoms with Gasteiger partial charge in [-0.05, 0) is 206 Å². The van der Waals surface area contributed by atoms with Crippen LogP contribution >= 0.6 is 0 Å². The summed E-state index contributed by atoms with van der Waals surface area (Å²) in [4.78, 5) is 63.1. The quantitative estimate of drug-likeness (QED) is 0.0492. The van der Waals surface area contributed by atoms with Gasteiger partial charge in [0.15, 0.2) is 0 Å². The minimum absolute atomic E-state index is 0. The fourth-order valence-corrected chi connectivity index (χ4v) is 19.2. The molecule has 0 saturated carbocycles. The van der Waals surface area contributed by atoms with Crippen molar-refractivity contribution in [2.45, 2.75) is 214 Å². The third kappa shape index (κ3) is 27.5. The van der Waals surface area contributed by atoms with Gasteiger partial charge in [-0.15, -0.1) is 224 Å². The molecule has 0 aliphatic carbocycles. The van der Waals surface area contributed by atoms with Crippen LogP contribution in [0.25, 0.3) is 145 Å². The van der Waals surface area contributed by atoms with Crippen molar-refractivity contribution in [1.29, 1.82) is 0 Å². The summed E-state index contributed by atoms with van der Waals surface area (Å²) in [5, 5.41) is 0. The van der Waals surface area contributed by atoms with Gasteiger partial charge in [0, 0.05) is 31.0 Å². The smallest absolute Gasteiger partial charge is 0.657 e. The summed E-state index contributed by atoms with van der Waals surface area (Å²) in [5.74, 6) is 0. The van der Waals surface area contributed by atoms with Crippen molar-refractivity contribution in [2.75, 3.05) is 0 Å². The first-order chi connectivity index (χ1) is 68.7. The molecule has 0 spiro atoms. The molecule has 0 unspecified atom stereocenters. The fraction of sp³-hybridized carbons (Fsp3) is 0.252. The van der Waals surface area contributed by atoms with E-state index in [4.69, 9.17) is 39.9 Å². The van der Waals surface area contributed by atoms with Crippen LogP contribution < -0.4 is 19.9 Å². The summed E-state index contributed by atoms with van der Waals surface area (Å²) in [5.41, 5.74) is 48.3. The van der Waals surface area contributed by atoms with Crippen molar-refractivity contribution in [2.24, 2.45) is 0 Å². The molecule has 15 heterocycles. The summed E-state index contributed by atoms with van der Waals surface area (Å²) < 4.78 is 0.